The van der Waals surface area contributed by atoms with Crippen molar-refractivity contribution in [1.29, 1.82) is 0 Å². The van der Waals surface area contributed by atoms with Crippen LogP contribution in [0.15, 0.2) is 42.5 Å². The lowest BCUT2D eigenvalue weighted by atomic mass is 10.2. The van der Waals surface area contributed by atoms with E-state index in [4.69, 9.17) is 25.8 Å². The fourth-order valence-corrected chi connectivity index (χ4v) is 2.40. The second-order valence-corrected chi connectivity index (χ2v) is 5.60. The Morgan fingerprint density at radius 3 is 2.85 bits per heavy atom. The van der Waals surface area contributed by atoms with Gasteiger partial charge in [0.15, 0.2) is 18.1 Å². The van der Waals surface area contributed by atoms with Crippen LogP contribution in [-0.4, -0.2) is 25.3 Å². The Morgan fingerprint density at radius 1 is 1.23 bits per heavy atom. The van der Waals surface area contributed by atoms with Crippen molar-refractivity contribution in [2.75, 3.05) is 18.7 Å². The van der Waals surface area contributed by atoms with Crippen molar-refractivity contribution in [2.45, 2.75) is 0 Å². The molecule has 2 aromatic rings. The first-order valence-corrected chi connectivity index (χ1v) is 7.89. The van der Waals surface area contributed by atoms with Gasteiger partial charge < -0.3 is 19.5 Å². The summed E-state index contributed by atoms with van der Waals surface area (Å²) >= 11 is 5.84. The van der Waals surface area contributed by atoms with E-state index in [-0.39, 0.29) is 17.4 Å². The molecule has 1 amide bonds. The normalized spacial score (nSPS) is 12.2. The third-order valence-electron chi connectivity index (χ3n) is 3.39. The molecule has 1 heterocycles. The molecule has 8 heteroatoms. The molecule has 0 bridgehead atoms. The third kappa shape index (κ3) is 4.31. The molecule has 1 aliphatic heterocycles. The molecule has 6 nitrogen and oxygen atoms in total. The van der Waals surface area contributed by atoms with Crippen LogP contribution in [0.4, 0.5) is 10.1 Å². The van der Waals surface area contributed by atoms with Crippen molar-refractivity contribution < 1.29 is 28.2 Å². The lowest BCUT2D eigenvalue weighted by Gasteiger charge is -2.06. The van der Waals surface area contributed by atoms with Crippen molar-refractivity contribution >= 4 is 35.2 Å². The summed E-state index contributed by atoms with van der Waals surface area (Å²) in [7, 11) is 0. The van der Waals surface area contributed by atoms with E-state index in [2.05, 4.69) is 5.32 Å². The molecule has 0 atom stereocenters. The molecule has 0 spiro atoms. The van der Waals surface area contributed by atoms with Crippen LogP contribution in [0.25, 0.3) is 6.08 Å². The van der Waals surface area contributed by atoms with Gasteiger partial charge in [0.2, 0.25) is 6.79 Å². The number of hydrogen-bond acceptors (Lipinski definition) is 5. The van der Waals surface area contributed by atoms with Gasteiger partial charge in [0.25, 0.3) is 5.91 Å². The number of hydrogen-bond donors (Lipinski definition) is 1. The maximum absolute atomic E-state index is 13.6. The average Bonchev–Trinajstić information content (AvgIpc) is 3.07. The predicted octanol–water partition coefficient (Wildman–Crippen LogP) is 3.40. The first-order valence-electron chi connectivity index (χ1n) is 7.51. The molecule has 0 aliphatic carbocycles. The first-order chi connectivity index (χ1) is 12.5. The van der Waals surface area contributed by atoms with Crippen molar-refractivity contribution in [2.24, 2.45) is 0 Å². The van der Waals surface area contributed by atoms with E-state index in [1.54, 1.807) is 18.2 Å². The Morgan fingerprint density at radius 2 is 2.04 bits per heavy atom. The van der Waals surface area contributed by atoms with Gasteiger partial charge in [0, 0.05) is 23.4 Å². The summed E-state index contributed by atoms with van der Waals surface area (Å²) in [5.41, 5.74) is 0.542. The smallest absolute Gasteiger partial charge is 0.331 e. The third-order valence-corrected chi connectivity index (χ3v) is 3.72. The number of carbonyl (C=O) groups is 2. The maximum atomic E-state index is 13.6. The quantitative estimate of drug-likeness (QED) is 0.638. The SMILES string of the molecule is O=C(COC(=O)/C=C/c1c(F)cccc1Cl)Nc1ccc2c(c1)OCO2. The topological polar surface area (TPSA) is 73.9 Å². The molecule has 0 saturated carbocycles. The van der Waals surface area contributed by atoms with Crippen molar-refractivity contribution in [1.82, 2.24) is 0 Å². The summed E-state index contributed by atoms with van der Waals surface area (Å²) in [6.07, 6.45) is 2.19. The Kier molecular flexibility index (Phi) is 5.38. The summed E-state index contributed by atoms with van der Waals surface area (Å²) in [4.78, 5) is 23.5. The second kappa shape index (κ2) is 7.88. The number of nitrogens with one attached hydrogen (secondary N) is 1. The number of carbonyl (C=O) groups excluding carboxylic acids is 2. The van der Waals surface area contributed by atoms with Crippen molar-refractivity contribution in [3.05, 3.63) is 58.9 Å². The zero-order valence-electron chi connectivity index (χ0n) is 13.3. The van der Waals surface area contributed by atoms with E-state index in [1.165, 1.54) is 24.3 Å². The molecule has 26 heavy (non-hydrogen) atoms. The van der Waals surface area contributed by atoms with Crippen LogP contribution in [0.5, 0.6) is 11.5 Å². The highest BCUT2D eigenvalue weighted by Crippen LogP contribution is 2.34. The fraction of sp³-hybridized carbons (Fsp3) is 0.111. The van der Waals surface area contributed by atoms with Gasteiger partial charge in [0.1, 0.15) is 5.82 Å². The number of esters is 1. The first kappa shape index (κ1) is 17.8. The predicted molar refractivity (Wildman–Crippen MR) is 92.6 cm³/mol. The number of fused-ring (bicyclic) bond motifs is 1. The minimum absolute atomic E-state index is 0.0657. The van der Waals surface area contributed by atoms with Crippen LogP contribution < -0.4 is 14.8 Å². The fourth-order valence-electron chi connectivity index (χ4n) is 2.18. The average molecular weight is 378 g/mol. The lowest BCUT2D eigenvalue weighted by molar-refractivity contribution is -0.142. The maximum Gasteiger partial charge on any atom is 0.331 e. The van der Waals surface area contributed by atoms with E-state index in [0.29, 0.717) is 17.2 Å². The molecule has 2 aromatic carbocycles. The monoisotopic (exact) mass is 377 g/mol. The summed E-state index contributed by atoms with van der Waals surface area (Å²) in [5.74, 6) is -0.794. The van der Waals surface area contributed by atoms with E-state index < -0.39 is 24.3 Å². The van der Waals surface area contributed by atoms with E-state index in [0.717, 1.165) is 6.08 Å². The van der Waals surface area contributed by atoms with Crippen LogP contribution in [0.1, 0.15) is 5.56 Å². The summed E-state index contributed by atoms with van der Waals surface area (Å²) in [6.45, 7) is -0.370. The molecule has 1 aliphatic rings. The molecule has 0 aromatic heterocycles. The van der Waals surface area contributed by atoms with Gasteiger partial charge in [-0.05, 0) is 30.3 Å². The van der Waals surface area contributed by atoms with Crippen LogP contribution in [0.3, 0.4) is 0 Å². The molecular weight excluding hydrogens is 365 g/mol. The van der Waals surface area contributed by atoms with Crippen LogP contribution in [-0.2, 0) is 14.3 Å². The van der Waals surface area contributed by atoms with Gasteiger partial charge in [-0.3, -0.25) is 4.79 Å². The number of anilines is 1. The van der Waals surface area contributed by atoms with E-state index in [1.807, 2.05) is 0 Å². The summed E-state index contributed by atoms with van der Waals surface area (Å²) in [5, 5.41) is 2.72. The summed E-state index contributed by atoms with van der Waals surface area (Å²) < 4.78 is 28.8. The van der Waals surface area contributed by atoms with Crippen molar-refractivity contribution in [3.63, 3.8) is 0 Å². The minimum atomic E-state index is -0.801. The van der Waals surface area contributed by atoms with Crippen molar-refractivity contribution in [3.8, 4) is 11.5 Å². The molecule has 0 fully saturated rings. The minimum Gasteiger partial charge on any atom is -0.454 e. The Balaban J connectivity index is 1.51. The molecule has 3 rings (SSSR count). The Labute approximate surface area is 153 Å². The van der Waals surface area contributed by atoms with Gasteiger partial charge >= 0.3 is 5.97 Å². The summed E-state index contributed by atoms with van der Waals surface area (Å²) in [6, 6.07) is 9.05. The molecule has 0 radical (unpaired) electrons. The largest absolute Gasteiger partial charge is 0.454 e. The van der Waals surface area contributed by atoms with Gasteiger partial charge in [0.05, 0.1) is 5.02 Å². The molecule has 1 N–H and O–H groups in total. The van der Waals surface area contributed by atoms with Crippen LogP contribution in [0.2, 0.25) is 5.02 Å². The highest BCUT2D eigenvalue weighted by molar-refractivity contribution is 6.32. The van der Waals surface area contributed by atoms with Gasteiger partial charge in [-0.15, -0.1) is 0 Å². The highest BCUT2D eigenvalue weighted by Gasteiger charge is 2.14. The van der Waals surface area contributed by atoms with Crippen LogP contribution >= 0.6 is 11.6 Å². The van der Waals surface area contributed by atoms with E-state index in [9.17, 15) is 14.0 Å². The lowest BCUT2D eigenvalue weighted by Crippen LogP contribution is -2.20. The van der Waals surface area contributed by atoms with Gasteiger partial charge in [-0.2, -0.15) is 0 Å². The zero-order valence-corrected chi connectivity index (χ0v) is 14.1. The van der Waals surface area contributed by atoms with Gasteiger partial charge in [-0.25, -0.2) is 9.18 Å². The number of ether oxygens (including phenoxy) is 3. The Bertz CT molecular complexity index is 864. The van der Waals surface area contributed by atoms with Crippen LogP contribution in [0, 0.1) is 5.82 Å². The molecule has 134 valence electrons. The molecular formula is C18H13ClFNO5. The number of amides is 1. The second-order valence-electron chi connectivity index (χ2n) is 5.19. The molecule has 0 unspecified atom stereocenters. The highest BCUT2D eigenvalue weighted by atomic mass is 35.5. The number of halogens is 2. The zero-order chi connectivity index (χ0) is 18.5. The van der Waals surface area contributed by atoms with E-state index >= 15 is 0 Å². The number of rotatable bonds is 5. The Hall–Kier alpha value is -3.06. The standard InChI is InChI=1S/C18H13ClFNO5/c19-13-2-1-3-14(20)12(13)5-7-18(23)24-9-17(22)21-11-4-6-15-16(8-11)26-10-25-15/h1-8H,9-10H2,(H,21,22)/b7-5+. The number of benzene rings is 2. The molecule has 0 saturated heterocycles. The van der Waals surface area contributed by atoms with Gasteiger partial charge in [-0.1, -0.05) is 17.7 Å².